The zero-order valence-corrected chi connectivity index (χ0v) is 12.0. The highest BCUT2D eigenvalue weighted by Gasteiger charge is 2.13. The summed E-state index contributed by atoms with van der Waals surface area (Å²) in [5, 5.41) is 5.66. The van der Waals surface area contributed by atoms with E-state index in [1.54, 1.807) is 18.2 Å². The Balaban J connectivity index is 2.14. The number of allylic oxidation sites excluding steroid dienone is 2. The molecule has 1 aromatic heterocycles. The summed E-state index contributed by atoms with van der Waals surface area (Å²) >= 11 is 1.50. The van der Waals surface area contributed by atoms with Gasteiger partial charge in [-0.2, -0.15) is 0 Å². The number of thiazole rings is 1. The lowest BCUT2D eigenvalue weighted by atomic mass is 10.2. The fourth-order valence-electron chi connectivity index (χ4n) is 1.69. The molecule has 20 heavy (non-hydrogen) atoms. The number of hydrogen-bond donors (Lipinski definition) is 1. The summed E-state index contributed by atoms with van der Waals surface area (Å²) in [4.78, 5) is 27.5. The van der Waals surface area contributed by atoms with Crippen LogP contribution >= 0.6 is 11.3 Å². The van der Waals surface area contributed by atoms with Crippen LogP contribution in [0, 0.1) is 0 Å². The van der Waals surface area contributed by atoms with Crippen molar-refractivity contribution in [2.45, 2.75) is 25.8 Å². The van der Waals surface area contributed by atoms with E-state index in [1.807, 2.05) is 12.3 Å². The Bertz CT molecular complexity index is 548. The van der Waals surface area contributed by atoms with Gasteiger partial charge in [-0.05, 0) is 19.4 Å². The molecule has 0 spiro atoms. The maximum absolute atomic E-state index is 11.7. The Morgan fingerprint density at radius 1 is 1.35 bits per heavy atom. The highest BCUT2D eigenvalue weighted by molar-refractivity contribution is 7.09. The number of cyclic esters (lactones) is 1. The maximum Gasteiger partial charge on any atom is 0.330 e. The molecule has 0 aliphatic carbocycles. The summed E-state index contributed by atoms with van der Waals surface area (Å²) in [6.07, 6.45) is 7.36. The van der Waals surface area contributed by atoms with Crippen molar-refractivity contribution >= 4 is 29.3 Å². The zero-order chi connectivity index (χ0) is 14.4. The van der Waals surface area contributed by atoms with Crippen molar-refractivity contribution in [1.29, 1.82) is 0 Å². The molecule has 2 rings (SSSR count). The van der Waals surface area contributed by atoms with Gasteiger partial charge in [0.25, 0.3) is 0 Å². The lowest BCUT2D eigenvalue weighted by Crippen LogP contribution is -2.26. The van der Waals surface area contributed by atoms with Gasteiger partial charge in [-0.1, -0.05) is 12.2 Å². The average molecular weight is 292 g/mol. The molecule has 1 unspecified atom stereocenters. The number of nitrogens with one attached hydrogen (secondary N) is 1. The van der Waals surface area contributed by atoms with Gasteiger partial charge in [0, 0.05) is 17.9 Å². The Kier molecular flexibility index (Phi) is 5.06. The maximum atomic E-state index is 11.7. The molecular formula is C14H16N2O3S. The van der Waals surface area contributed by atoms with Gasteiger partial charge in [-0.3, -0.25) is 4.79 Å². The second-order valence-electron chi connectivity index (χ2n) is 4.39. The van der Waals surface area contributed by atoms with Gasteiger partial charge in [0.2, 0.25) is 5.91 Å². The molecule has 6 heteroatoms. The predicted molar refractivity (Wildman–Crippen MR) is 77.0 cm³/mol. The van der Waals surface area contributed by atoms with Crippen LogP contribution in [-0.4, -0.2) is 23.5 Å². The number of ether oxygens (including phenoxy) is 1. The van der Waals surface area contributed by atoms with Gasteiger partial charge in [-0.15, -0.1) is 11.3 Å². The smallest absolute Gasteiger partial charge is 0.330 e. The van der Waals surface area contributed by atoms with E-state index in [0.29, 0.717) is 12.8 Å². The number of carbonyl (C=O) groups is 2. The number of amides is 1. The molecule has 5 nitrogen and oxygen atoms in total. The number of fused-ring (bicyclic) bond motifs is 2. The van der Waals surface area contributed by atoms with Gasteiger partial charge in [0.05, 0.1) is 18.3 Å². The first-order valence-electron chi connectivity index (χ1n) is 6.41. The van der Waals surface area contributed by atoms with Crippen LogP contribution in [0.25, 0.3) is 6.08 Å². The van der Waals surface area contributed by atoms with Gasteiger partial charge in [-0.25, -0.2) is 9.78 Å². The second kappa shape index (κ2) is 7.00. The van der Waals surface area contributed by atoms with Crippen molar-refractivity contribution in [2.75, 3.05) is 6.61 Å². The Labute approximate surface area is 121 Å². The number of rotatable bonds is 0. The van der Waals surface area contributed by atoms with E-state index in [4.69, 9.17) is 4.74 Å². The fraction of sp³-hybridized carbons (Fsp3) is 0.357. The molecular weight excluding hydrogens is 276 g/mol. The van der Waals surface area contributed by atoms with Crippen molar-refractivity contribution < 1.29 is 14.3 Å². The molecule has 0 aromatic carbocycles. The van der Waals surface area contributed by atoms with Crippen LogP contribution in [0.15, 0.2) is 23.6 Å². The van der Waals surface area contributed by atoms with E-state index in [-0.39, 0.29) is 18.6 Å². The molecule has 0 radical (unpaired) electrons. The third kappa shape index (κ3) is 4.31. The highest BCUT2D eigenvalue weighted by Crippen LogP contribution is 2.19. The molecule has 1 aromatic rings. The summed E-state index contributed by atoms with van der Waals surface area (Å²) < 4.78 is 4.97. The van der Waals surface area contributed by atoms with E-state index in [9.17, 15) is 9.59 Å². The average Bonchev–Trinajstić information content (AvgIpc) is 2.87. The van der Waals surface area contributed by atoms with Crippen molar-refractivity contribution in [1.82, 2.24) is 10.3 Å². The first-order chi connectivity index (χ1) is 9.65. The van der Waals surface area contributed by atoms with E-state index in [0.717, 1.165) is 10.7 Å². The Morgan fingerprint density at radius 3 is 3.00 bits per heavy atom. The summed E-state index contributed by atoms with van der Waals surface area (Å²) in [5.41, 5.74) is 0.805. The normalized spacial score (nSPS) is 20.8. The minimum atomic E-state index is -0.405. The summed E-state index contributed by atoms with van der Waals surface area (Å²) in [7, 11) is 0. The predicted octanol–water partition coefficient (Wildman–Crippen LogP) is 2.23. The molecule has 1 atom stereocenters. The van der Waals surface area contributed by atoms with Gasteiger partial charge in [0.15, 0.2) is 0 Å². The van der Waals surface area contributed by atoms with E-state index >= 15 is 0 Å². The third-order valence-electron chi connectivity index (χ3n) is 2.69. The largest absolute Gasteiger partial charge is 0.463 e. The van der Waals surface area contributed by atoms with Crippen molar-refractivity contribution in [3.05, 3.63) is 34.3 Å². The highest BCUT2D eigenvalue weighted by atomic mass is 32.1. The van der Waals surface area contributed by atoms with Gasteiger partial charge < -0.3 is 10.1 Å². The minimum absolute atomic E-state index is 0.0637. The van der Waals surface area contributed by atoms with Gasteiger partial charge in [0.1, 0.15) is 5.01 Å². The molecule has 0 saturated carbocycles. The van der Waals surface area contributed by atoms with Crippen molar-refractivity contribution in [2.24, 2.45) is 0 Å². The first-order valence-corrected chi connectivity index (χ1v) is 7.29. The standard InChI is InChI=1S/C14H16N2O3S/c1-10-14-16-11(9-20-14)5-2-3-7-13(18)19-8-4-6-12(17)15-10/h2-3,5,7,9-10H,4,6,8H2,1H3,(H,15,17). The molecule has 2 heterocycles. The lowest BCUT2D eigenvalue weighted by molar-refractivity contribution is -0.138. The number of nitrogens with zero attached hydrogens (tertiary/aromatic N) is 1. The van der Waals surface area contributed by atoms with Crippen LogP contribution in [0.1, 0.15) is 36.5 Å². The molecule has 1 aliphatic heterocycles. The van der Waals surface area contributed by atoms with Crippen molar-refractivity contribution in [3.63, 3.8) is 0 Å². The number of esters is 1. The molecule has 1 amide bonds. The molecule has 2 bridgehead atoms. The summed E-state index contributed by atoms with van der Waals surface area (Å²) in [6, 6.07) is -0.113. The second-order valence-corrected chi connectivity index (χ2v) is 5.28. The summed E-state index contributed by atoms with van der Waals surface area (Å²) in [5.74, 6) is -0.469. The number of hydrogen-bond acceptors (Lipinski definition) is 5. The van der Waals surface area contributed by atoms with Gasteiger partial charge >= 0.3 is 5.97 Å². The quantitative estimate of drug-likeness (QED) is 0.745. The van der Waals surface area contributed by atoms with E-state index < -0.39 is 5.97 Å². The Hall–Kier alpha value is -1.95. The van der Waals surface area contributed by atoms with Crippen LogP contribution in [0.5, 0.6) is 0 Å². The van der Waals surface area contributed by atoms with E-state index in [2.05, 4.69) is 10.3 Å². The SMILES string of the molecule is CC1NC(=O)CCCOC(=O)C=CC=Cc2csc1n2. The minimum Gasteiger partial charge on any atom is -0.463 e. The number of aromatic nitrogens is 1. The van der Waals surface area contributed by atoms with Crippen molar-refractivity contribution in [3.8, 4) is 0 Å². The topological polar surface area (TPSA) is 68.3 Å². The van der Waals surface area contributed by atoms with Crippen LogP contribution in [0.2, 0.25) is 0 Å². The summed E-state index contributed by atoms with van der Waals surface area (Å²) in [6.45, 7) is 2.15. The zero-order valence-electron chi connectivity index (χ0n) is 11.2. The van der Waals surface area contributed by atoms with Crippen LogP contribution in [0.4, 0.5) is 0 Å². The monoisotopic (exact) mass is 292 g/mol. The van der Waals surface area contributed by atoms with E-state index in [1.165, 1.54) is 17.4 Å². The van der Waals surface area contributed by atoms with Crippen LogP contribution < -0.4 is 5.32 Å². The molecule has 0 saturated heterocycles. The lowest BCUT2D eigenvalue weighted by Gasteiger charge is -2.11. The Morgan fingerprint density at radius 2 is 2.15 bits per heavy atom. The van der Waals surface area contributed by atoms with Crippen LogP contribution in [-0.2, 0) is 14.3 Å². The van der Waals surface area contributed by atoms with Crippen LogP contribution in [0.3, 0.4) is 0 Å². The molecule has 1 aliphatic rings. The number of carbonyl (C=O) groups excluding carboxylic acids is 2. The first kappa shape index (κ1) is 14.5. The molecule has 1 N–H and O–H groups in total. The third-order valence-corrected chi connectivity index (χ3v) is 3.74. The molecule has 106 valence electrons. The fourth-order valence-corrected chi connectivity index (χ4v) is 2.49. The molecule has 0 fully saturated rings.